The molecule has 0 spiro atoms. The van der Waals surface area contributed by atoms with Crippen molar-refractivity contribution in [1.82, 2.24) is 0 Å². The Morgan fingerprint density at radius 3 is 2.44 bits per heavy atom. The molecule has 0 aliphatic carbocycles. The molecule has 6 heteroatoms. The SMILES string of the molecule is CCS(=O)(=O)CC1=Cc2c(C)cccc2S1(=O)=O. The number of sulfone groups is 2. The fourth-order valence-corrected chi connectivity index (χ4v) is 5.09. The summed E-state index contributed by atoms with van der Waals surface area (Å²) in [6.07, 6.45) is 1.48. The van der Waals surface area contributed by atoms with Crippen LogP contribution in [0, 0.1) is 6.92 Å². The average molecular weight is 286 g/mol. The van der Waals surface area contributed by atoms with E-state index in [0.717, 1.165) is 5.56 Å². The maximum Gasteiger partial charge on any atom is 0.204 e. The van der Waals surface area contributed by atoms with E-state index in [1.165, 1.54) is 19.1 Å². The molecule has 98 valence electrons. The molecule has 0 bridgehead atoms. The Hall–Kier alpha value is -1.14. The Kier molecular flexibility index (Phi) is 3.11. The van der Waals surface area contributed by atoms with Crippen molar-refractivity contribution in [2.75, 3.05) is 11.5 Å². The fraction of sp³-hybridized carbons (Fsp3) is 0.333. The first-order chi connectivity index (χ1) is 8.28. The summed E-state index contributed by atoms with van der Waals surface area (Å²) in [7, 11) is -6.98. The van der Waals surface area contributed by atoms with Crippen LogP contribution >= 0.6 is 0 Å². The summed E-state index contributed by atoms with van der Waals surface area (Å²) >= 11 is 0. The lowest BCUT2D eigenvalue weighted by Crippen LogP contribution is -2.14. The van der Waals surface area contributed by atoms with E-state index in [4.69, 9.17) is 0 Å². The van der Waals surface area contributed by atoms with Gasteiger partial charge in [-0.05, 0) is 30.2 Å². The van der Waals surface area contributed by atoms with Gasteiger partial charge in [-0.3, -0.25) is 0 Å². The van der Waals surface area contributed by atoms with E-state index in [1.54, 1.807) is 6.07 Å². The molecule has 0 N–H and O–H groups in total. The molecule has 1 aliphatic rings. The van der Waals surface area contributed by atoms with Gasteiger partial charge in [0.2, 0.25) is 9.84 Å². The van der Waals surface area contributed by atoms with Crippen LogP contribution in [0.25, 0.3) is 6.08 Å². The number of aryl methyl sites for hydroxylation is 1. The molecule has 0 saturated heterocycles. The molecule has 0 aromatic heterocycles. The van der Waals surface area contributed by atoms with Crippen LogP contribution in [0.15, 0.2) is 28.0 Å². The van der Waals surface area contributed by atoms with Gasteiger partial charge in [0.25, 0.3) is 0 Å². The van der Waals surface area contributed by atoms with Crippen molar-refractivity contribution in [3.05, 3.63) is 34.2 Å². The minimum atomic E-state index is -3.63. The quantitative estimate of drug-likeness (QED) is 0.845. The Morgan fingerprint density at radius 1 is 1.22 bits per heavy atom. The number of hydrogen-bond donors (Lipinski definition) is 0. The van der Waals surface area contributed by atoms with Crippen LogP contribution in [0.4, 0.5) is 0 Å². The summed E-state index contributed by atoms with van der Waals surface area (Å²) in [5, 5.41) is 0. The fourth-order valence-electron chi connectivity index (χ4n) is 1.89. The molecular weight excluding hydrogens is 272 g/mol. The van der Waals surface area contributed by atoms with Crippen LogP contribution in [-0.4, -0.2) is 28.3 Å². The van der Waals surface area contributed by atoms with Gasteiger partial charge in [-0.15, -0.1) is 0 Å². The molecular formula is C12H14O4S2. The zero-order chi connectivity index (χ0) is 13.6. The van der Waals surface area contributed by atoms with Crippen molar-refractivity contribution in [1.29, 1.82) is 0 Å². The van der Waals surface area contributed by atoms with Crippen LogP contribution < -0.4 is 0 Å². The smallest absolute Gasteiger partial charge is 0.204 e. The Bertz CT molecular complexity index is 725. The van der Waals surface area contributed by atoms with E-state index in [9.17, 15) is 16.8 Å². The molecule has 2 rings (SSSR count). The molecule has 0 atom stereocenters. The highest BCUT2D eigenvalue weighted by atomic mass is 32.2. The summed E-state index contributed by atoms with van der Waals surface area (Å²) in [5.74, 6) is -0.477. The van der Waals surface area contributed by atoms with E-state index < -0.39 is 25.4 Å². The van der Waals surface area contributed by atoms with Crippen LogP contribution in [0.1, 0.15) is 18.1 Å². The molecule has 18 heavy (non-hydrogen) atoms. The van der Waals surface area contributed by atoms with Gasteiger partial charge in [-0.1, -0.05) is 19.1 Å². The predicted octanol–water partition coefficient (Wildman–Crippen LogP) is 1.56. The highest BCUT2D eigenvalue weighted by molar-refractivity contribution is 7.98. The maximum atomic E-state index is 12.2. The second kappa shape index (κ2) is 4.20. The molecule has 0 amide bonds. The third kappa shape index (κ3) is 2.10. The van der Waals surface area contributed by atoms with Gasteiger partial charge in [-0.25, -0.2) is 16.8 Å². The van der Waals surface area contributed by atoms with Gasteiger partial charge in [0.1, 0.15) is 0 Å². The third-order valence-electron chi connectivity index (χ3n) is 3.03. The number of hydrogen-bond acceptors (Lipinski definition) is 4. The van der Waals surface area contributed by atoms with Crippen LogP contribution in [0.5, 0.6) is 0 Å². The minimum absolute atomic E-state index is 0.0198. The lowest BCUT2D eigenvalue weighted by atomic mass is 10.1. The molecule has 1 aliphatic heterocycles. The molecule has 0 unspecified atom stereocenters. The molecule has 0 saturated carbocycles. The largest absolute Gasteiger partial charge is 0.228 e. The van der Waals surface area contributed by atoms with Crippen molar-refractivity contribution in [3.8, 4) is 0 Å². The van der Waals surface area contributed by atoms with E-state index in [0.29, 0.717) is 5.56 Å². The Labute approximate surface area is 107 Å². The van der Waals surface area contributed by atoms with Crippen LogP contribution in [0.2, 0.25) is 0 Å². The van der Waals surface area contributed by atoms with Crippen molar-refractivity contribution >= 4 is 25.8 Å². The van der Waals surface area contributed by atoms with Gasteiger partial charge < -0.3 is 0 Å². The van der Waals surface area contributed by atoms with Crippen molar-refractivity contribution < 1.29 is 16.8 Å². The normalized spacial score (nSPS) is 17.3. The summed E-state index contributed by atoms with van der Waals surface area (Å²) in [6, 6.07) is 4.98. The Balaban J connectivity index is 2.56. The molecule has 1 aromatic rings. The summed E-state index contributed by atoms with van der Waals surface area (Å²) < 4.78 is 47.5. The second-order valence-electron chi connectivity index (χ2n) is 4.28. The number of benzene rings is 1. The summed E-state index contributed by atoms with van der Waals surface area (Å²) in [4.78, 5) is 0.192. The molecule has 0 radical (unpaired) electrons. The summed E-state index contributed by atoms with van der Waals surface area (Å²) in [5.41, 5.74) is 1.44. The van der Waals surface area contributed by atoms with E-state index in [1.807, 2.05) is 13.0 Å². The first-order valence-electron chi connectivity index (χ1n) is 5.53. The monoisotopic (exact) mass is 286 g/mol. The first kappa shape index (κ1) is 13.3. The van der Waals surface area contributed by atoms with Gasteiger partial charge in [-0.2, -0.15) is 0 Å². The van der Waals surface area contributed by atoms with Crippen molar-refractivity contribution in [2.24, 2.45) is 0 Å². The maximum absolute atomic E-state index is 12.2. The molecule has 1 aromatic carbocycles. The van der Waals surface area contributed by atoms with Gasteiger partial charge in [0.05, 0.1) is 15.6 Å². The first-order valence-corrected chi connectivity index (χ1v) is 8.84. The van der Waals surface area contributed by atoms with Crippen molar-refractivity contribution in [2.45, 2.75) is 18.7 Å². The average Bonchev–Trinajstić information content (AvgIpc) is 2.53. The zero-order valence-electron chi connectivity index (χ0n) is 10.2. The van der Waals surface area contributed by atoms with Gasteiger partial charge >= 0.3 is 0 Å². The Morgan fingerprint density at radius 2 is 1.89 bits per heavy atom. The standard InChI is InChI=1S/C12H14O4S2/c1-3-17(13,14)8-10-7-11-9(2)5-4-6-12(11)18(10,15)16/h4-7H,3,8H2,1-2H3. The molecule has 1 heterocycles. The van der Waals surface area contributed by atoms with E-state index in [-0.39, 0.29) is 15.6 Å². The highest BCUT2D eigenvalue weighted by Crippen LogP contribution is 2.35. The van der Waals surface area contributed by atoms with Crippen LogP contribution in [0.3, 0.4) is 0 Å². The van der Waals surface area contributed by atoms with Gasteiger partial charge in [0, 0.05) is 5.75 Å². The topological polar surface area (TPSA) is 68.3 Å². The van der Waals surface area contributed by atoms with E-state index in [2.05, 4.69) is 0 Å². The zero-order valence-corrected chi connectivity index (χ0v) is 11.8. The minimum Gasteiger partial charge on any atom is -0.228 e. The third-order valence-corrected chi connectivity index (χ3v) is 6.73. The van der Waals surface area contributed by atoms with Crippen LogP contribution in [-0.2, 0) is 19.7 Å². The number of rotatable bonds is 3. The summed E-state index contributed by atoms with van der Waals surface area (Å²) in [6.45, 7) is 3.32. The van der Waals surface area contributed by atoms with Gasteiger partial charge in [0.15, 0.2) is 9.84 Å². The lowest BCUT2D eigenvalue weighted by Gasteiger charge is -2.04. The predicted molar refractivity (Wildman–Crippen MR) is 70.7 cm³/mol. The highest BCUT2D eigenvalue weighted by Gasteiger charge is 2.32. The molecule has 0 fully saturated rings. The number of fused-ring (bicyclic) bond motifs is 1. The second-order valence-corrected chi connectivity index (χ2v) is 8.60. The lowest BCUT2D eigenvalue weighted by molar-refractivity contribution is 0.594. The van der Waals surface area contributed by atoms with Crippen molar-refractivity contribution in [3.63, 3.8) is 0 Å². The molecule has 4 nitrogen and oxygen atoms in total. The van der Waals surface area contributed by atoms with E-state index >= 15 is 0 Å².